The molecule has 0 aliphatic carbocycles. The number of rotatable bonds is 5. The van der Waals surface area contributed by atoms with Crippen LogP contribution < -0.4 is 4.72 Å². The molecule has 0 amide bonds. The van der Waals surface area contributed by atoms with Crippen molar-refractivity contribution < 1.29 is 8.42 Å². The van der Waals surface area contributed by atoms with Crippen molar-refractivity contribution in [3.63, 3.8) is 0 Å². The van der Waals surface area contributed by atoms with E-state index in [1.54, 1.807) is 18.5 Å². The molecule has 1 N–H and O–H groups in total. The van der Waals surface area contributed by atoms with Crippen LogP contribution in [0.2, 0.25) is 0 Å². The van der Waals surface area contributed by atoms with E-state index in [0.717, 1.165) is 5.56 Å². The van der Waals surface area contributed by atoms with Gasteiger partial charge in [-0.2, -0.15) is 4.72 Å². The molecule has 108 valence electrons. The molecule has 0 aliphatic rings. The van der Waals surface area contributed by atoms with E-state index >= 15 is 0 Å². The summed E-state index contributed by atoms with van der Waals surface area (Å²) in [6.07, 6.45) is 2.89. The summed E-state index contributed by atoms with van der Waals surface area (Å²) in [5, 5.41) is -0.0210. The van der Waals surface area contributed by atoms with Crippen LogP contribution in [0.25, 0.3) is 0 Å². The quantitative estimate of drug-likeness (QED) is 0.857. The lowest BCUT2D eigenvalue weighted by atomic mass is 9.96. The highest BCUT2D eigenvalue weighted by Crippen LogP contribution is 2.24. The van der Waals surface area contributed by atoms with Crippen molar-refractivity contribution in [2.24, 2.45) is 7.05 Å². The molecule has 0 saturated carbocycles. The normalized spacial score (nSPS) is 14.9. The van der Waals surface area contributed by atoms with Gasteiger partial charge in [0, 0.05) is 19.1 Å². The van der Waals surface area contributed by atoms with Gasteiger partial charge in [0.1, 0.15) is 0 Å². The molecule has 1 atom stereocenters. The number of halogens is 1. The number of aryl methyl sites for hydroxylation is 1. The number of alkyl halides is 1. The topological polar surface area (TPSA) is 64.0 Å². The minimum absolute atomic E-state index is 0.0210. The summed E-state index contributed by atoms with van der Waals surface area (Å²) >= 11 is 5.99. The highest BCUT2D eigenvalue weighted by atomic mass is 35.5. The first-order valence-electron chi connectivity index (χ1n) is 6.01. The van der Waals surface area contributed by atoms with Gasteiger partial charge < -0.3 is 4.57 Å². The third-order valence-electron chi connectivity index (χ3n) is 2.99. The summed E-state index contributed by atoms with van der Waals surface area (Å²) in [6, 6.07) is 9.22. The molecule has 20 heavy (non-hydrogen) atoms. The maximum atomic E-state index is 12.3. The standard InChI is InChI=1S/C13H16ClN3O2S/c1-13(9-14,11-6-4-3-5-7-11)16-20(18,19)12-8-17(2)10-15-12/h3-8,10,16H,9H2,1-2H3. The van der Waals surface area contributed by atoms with E-state index in [4.69, 9.17) is 11.6 Å². The molecule has 0 spiro atoms. The fourth-order valence-electron chi connectivity index (χ4n) is 1.85. The Morgan fingerprint density at radius 2 is 2.00 bits per heavy atom. The smallest absolute Gasteiger partial charge is 0.260 e. The van der Waals surface area contributed by atoms with Crippen LogP contribution in [0.15, 0.2) is 47.9 Å². The second-order valence-corrected chi connectivity index (χ2v) is 6.71. The Morgan fingerprint density at radius 3 is 2.50 bits per heavy atom. The SMILES string of the molecule is Cn1cnc(S(=O)(=O)NC(C)(CCl)c2ccccc2)c1. The number of benzene rings is 1. The average molecular weight is 314 g/mol. The Labute approximate surface area is 123 Å². The predicted octanol–water partition coefficient (Wildman–Crippen LogP) is 1.85. The Bertz CT molecular complexity index is 685. The Kier molecular flexibility index (Phi) is 4.17. The zero-order valence-corrected chi connectivity index (χ0v) is 12.8. The minimum atomic E-state index is -3.72. The van der Waals surface area contributed by atoms with E-state index in [1.165, 1.54) is 12.5 Å². The largest absolute Gasteiger partial charge is 0.339 e. The molecule has 0 fully saturated rings. The number of nitrogens with zero attached hydrogens (tertiary/aromatic N) is 2. The van der Waals surface area contributed by atoms with Gasteiger partial charge in [0.15, 0.2) is 5.03 Å². The summed E-state index contributed by atoms with van der Waals surface area (Å²) < 4.78 is 28.9. The summed E-state index contributed by atoms with van der Waals surface area (Å²) in [4.78, 5) is 3.87. The molecule has 2 aromatic rings. The van der Waals surface area contributed by atoms with Gasteiger partial charge in [-0.3, -0.25) is 0 Å². The highest BCUT2D eigenvalue weighted by Gasteiger charge is 2.32. The highest BCUT2D eigenvalue weighted by molar-refractivity contribution is 7.89. The molecule has 0 aliphatic heterocycles. The minimum Gasteiger partial charge on any atom is -0.339 e. The molecule has 1 unspecified atom stereocenters. The lowest BCUT2D eigenvalue weighted by Gasteiger charge is -2.28. The van der Waals surface area contributed by atoms with Crippen molar-refractivity contribution in [2.45, 2.75) is 17.5 Å². The molecule has 5 nitrogen and oxygen atoms in total. The molecule has 1 aromatic heterocycles. The van der Waals surface area contributed by atoms with E-state index in [0.29, 0.717) is 0 Å². The summed E-state index contributed by atoms with van der Waals surface area (Å²) in [7, 11) is -2.01. The number of aromatic nitrogens is 2. The summed E-state index contributed by atoms with van der Waals surface area (Å²) in [5.74, 6) is 0.114. The zero-order valence-electron chi connectivity index (χ0n) is 11.2. The van der Waals surface area contributed by atoms with Crippen molar-refractivity contribution in [3.8, 4) is 0 Å². The van der Waals surface area contributed by atoms with Gasteiger partial charge in [0.05, 0.1) is 11.9 Å². The molecule has 2 rings (SSSR count). The van der Waals surface area contributed by atoms with E-state index in [2.05, 4.69) is 9.71 Å². The first-order chi connectivity index (χ1) is 9.37. The predicted molar refractivity (Wildman–Crippen MR) is 78.0 cm³/mol. The van der Waals surface area contributed by atoms with Crippen molar-refractivity contribution in [1.29, 1.82) is 0 Å². The van der Waals surface area contributed by atoms with Crippen molar-refractivity contribution in [1.82, 2.24) is 14.3 Å². The van der Waals surface area contributed by atoms with Gasteiger partial charge in [0.2, 0.25) is 0 Å². The van der Waals surface area contributed by atoms with Crippen LogP contribution in [0, 0.1) is 0 Å². The zero-order chi connectivity index (χ0) is 14.8. The fourth-order valence-corrected chi connectivity index (χ4v) is 3.52. The number of imidazole rings is 1. The first-order valence-corrected chi connectivity index (χ1v) is 8.02. The van der Waals surface area contributed by atoms with Crippen molar-refractivity contribution in [3.05, 3.63) is 48.4 Å². The van der Waals surface area contributed by atoms with Gasteiger partial charge in [-0.1, -0.05) is 30.3 Å². The molecular formula is C13H16ClN3O2S. The lowest BCUT2D eigenvalue weighted by molar-refractivity contribution is 0.475. The van der Waals surface area contributed by atoms with Crippen molar-refractivity contribution >= 4 is 21.6 Å². The van der Waals surface area contributed by atoms with Crippen LogP contribution in [0.1, 0.15) is 12.5 Å². The molecule has 0 saturated heterocycles. The molecule has 0 radical (unpaired) electrons. The van der Waals surface area contributed by atoms with Gasteiger partial charge in [0.25, 0.3) is 10.0 Å². The van der Waals surface area contributed by atoms with Crippen LogP contribution in [0.5, 0.6) is 0 Å². The van der Waals surface area contributed by atoms with E-state index in [-0.39, 0.29) is 10.9 Å². The maximum Gasteiger partial charge on any atom is 0.260 e. The first kappa shape index (κ1) is 15.0. The van der Waals surface area contributed by atoms with Gasteiger partial charge in [-0.25, -0.2) is 13.4 Å². The van der Waals surface area contributed by atoms with Crippen LogP contribution in [0.4, 0.5) is 0 Å². The van der Waals surface area contributed by atoms with Crippen LogP contribution >= 0.6 is 11.6 Å². The summed E-state index contributed by atoms with van der Waals surface area (Å²) in [6.45, 7) is 1.75. The van der Waals surface area contributed by atoms with Crippen LogP contribution in [-0.4, -0.2) is 23.8 Å². The molecule has 1 aromatic carbocycles. The van der Waals surface area contributed by atoms with E-state index in [1.807, 2.05) is 30.3 Å². The fraction of sp³-hybridized carbons (Fsp3) is 0.308. The molecule has 1 heterocycles. The Hall–Kier alpha value is -1.37. The van der Waals surface area contributed by atoms with Crippen molar-refractivity contribution in [2.75, 3.05) is 5.88 Å². The average Bonchev–Trinajstić information content (AvgIpc) is 2.87. The Morgan fingerprint density at radius 1 is 1.35 bits per heavy atom. The monoisotopic (exact) mass is 313 g/mol. The molecular weight excluding hydrogens is 298 g/mol. The lowest BCUT2D eigenvalue weighted by Crippen LogP contribution is -2.45. The van der Waals surface area contributed by atoms with Gasteiger partial charge in [-0.15, -0.1) is 11.6 Å². The molecule has 7 heteroatoms. The number of hydrogen-bond donors (Lipinski definition) is 1. The third-order valence-corrected chi connectivity index (χ3v) is 5.01. The number of nitrogens with one attached hydrogen (secondary N) is 1. The Balaban J connectivity index is 2.35. The third kappa shape index (κ3) is 3.03. The number of sulfonamides is 1. The molecule has 0 bridgehead atoms. The van der Waals surface area contributed by atoms with Gasteiger partial charge >= 0.3 is 0 Å². The second-order valence-electron chi connectivity index (χ2n) is 4.81. The maximum absolute atomic E-state index is 12.3. The van der Waals surface area contributed by atoms with E-state index in [9.17, 15) is 8.42 Å². The second kappa shape index (κ2) is 5.55. The van der Waals surface area contributed by atoms with Crippen LogP contribution in [0.3, 0.4) is 0 Å². The summed E-state index contributed by atoms with van der Waals surface area (Å²) in [5.41, 5.74) is -0.0892. The number of hydrogen-bond acceptors (Lipinski definition) is 3. The van der Waals surface area contributed by atoms with Gasteiger partial charge in [-0.05, 0) is 12.5 Å². The van der Waals surface area contributed by atoms with E-state index < -0.39 is 15.6 Å². The van der Waals surface area contributed by atoms with Crippen LogP contribution in [-0.2, 0) is 22.6 Å².